The number of carbonyl (C=O) groups excluding carboxylic acids is 1. The molecular formula is C33H27F7N8O3S2. The van der Waals surface area contributed by atoms with E-state index in [1.54, 1.807) is 31.5 Å². The number of benzene rings is 2. The molecule has 0 bridgehead atoms. The third-order valence-corrected chi connectivity index (χ3v) is 10.1. The topological polar surface area (TPSA) is 137 Å². The summed E-state index contributed by atoms with van der Waals surface area (Å²) in [6.45, 7) is -1.06. The molecule has 1 amide bonds. The largest absolute Gasteiger partial charge is 0.435 e. The fourth-order valence-electron chi connectivity index (χ4n) is 6.89. The van der Waals surface area contributed by atoms with Crippen molar-refractivity contribution in [3.8, 4) is 11.1 Å². The monoisotopic (exact) mass is 780 g/mol. The third-order valence-electron chi connectivity index (χ3n) is 8.97. The average molecular weight is 781 g/mol. The van der Waals surface area contributed by atoms with E-state index in [2.05, 4.69) is 30.2 Å². The number of nitrogens with one attached hydrogen (secondary N) is 2. The van der Waals surface area contributed by atoms with Crippen molar-refractivity contribution in [1.82, 2.24) is 34.8 Å². The Morgan fingerprint density at radius 3 is 2.42 bits per heavy atom. The predicted molar refractivity (Wildman–Crippen MR) is 179 cm³/mol. The van der Waals surface area contributed by atoms with Gasteiger partial charge in [0.25, 0.3) is 5.92 Å². The number of halogens is 7. The van der Waals surface area contributed by atoms with Crippen LogP contribution in [0.25, 0.3) is 22.0 Å². The number of anilines is 1. The highest BCUT2D eigenvalue weighted by atomic mass is 32.2. The third kappa shape index (κ3) is 6.62. The molecule has 0 unspecified atom stereocenters. The normalized spacial score (nSPS) is 18.1. The van der Waals surface area contributed by atoms with E-state index in [4.69, 9.17) is 0 Å². The van der Waals surface area contributed by atoms with E-state index in [9.17, 15) is 35.2 Å². The summed E-state index contributed by atoms with van der Waals surface area (Å²) >= 11 is 1.12. The van der Waals surface area contributed by atoms with Gasteiger partial charge in [0, 0.05) is 47.3 Å². The van der Waals surface area contributed by atoms with E-state index >= 15 is 8.78 Å². The highest BCUT2D eigenvalue weighted by molar-refractivity contribution is 7.98. The highest BCUT2D eigenvalue weighted by Crippen LogP contribution is 2.60. The molecule has 0 saturated carbocycles. The van der Waals surface area contributed by atoms with E-state index in [1.165, 1.54) is 17.0 Å². The molecule has 53 heavy (non-hydrogen) atoms. The molecule has 3 atom stereocenters. The Morgan fingerprint density at radius 2 is 1.79 bits per heavy atom. The molecule has 3 heterocycles. The maximum absolute atomic E-state index is 15.5. The van der Waals surface area contributed by atoms with Gasteiger partial charge in [-0.15, -0.1) is 0 Å². The quantitative estimate of drug-likeness (QED) is 0.0753. The predicted octanol–water partition coefficient (Wildman–Crippen LogP) is 6.09. The van der Waals surface area contributed by atoms with Crippen LogP contribution >= 0.6 is 11.8 Å². The number of para-hydroxylation sites is 1. The number of nitrogens with zero attached hydrogens (tertiary/aromatic N) is 6. The Kier molecular flexibility index (Phi) is 8.82. The summed E-state index contributed by atoms with van der Waals surface area (Å²) in [4.78, 5) is 22.8. The van der Waals surface area contributed by atoms with Gasteiger partial charge in [-0.2, -0.15) is 32.1 Å². The maximum Gasteiger partial charge on any atom is 0.435 e. The lowest BCUT2D eigenvalue weighted by molar-refractivity contribution is -0.142. The number of hydrogen-bond donors (Lipinski definition) is 2. The van der Waals surface area contributed by atoms with Crippen molar-refractivity contribution in [2.75, 3.05) is 17.2 Å². The zero-order chi connectivity index (χ0) is 38.2. The molecule has 20 heteroatoms. The fraction of sp³-hybridized carbons (Fsp3) is 0.303. The summed E-state index contributed by atoms with van der Waals surface area (Å²) in [5, 5.41) is 10.9. The summed E-state index contributed by atoms with van der Waals surface area (Å²) < 4.78 is 130. The Balaban J connectivity index is 1.34. The number of rotatable bonds is 10. The Hall–Kier alpha value is -4.98. The Morgan fingerprint density at radius 1 is 1.08 bits per heavy atom. The van der Waals surface area contributed by atoms with Gasteiger partial charge in [-0.1, -0.05) is 36.0 Å². The van der Waals surface area contributed by atoms with Gasteiger partial charge in [0.2, 0.25) is 15.9 Å². The second-order valence-electron chi connectivity index (χ2n) is 12.6. The zero-order valence-electron chi connectivity index (χ0n) is 27.7. The van der Waals surface area contributed by atoms with Gasteiger partial charge in [-0.3, -0.25) is 18.9 Å². The maximum atomic E-state index is 15.5. The number of aryl methyl sites for hydroxylation is 1. The average Bonchev–Trinajstić information content (AvgIpc) is 3.60. The van der Waals surface area contributed by atoms with Gasteiger partial charge in [0.1, 0.15) is 23.9 Å². The van der Waals surface area contributed by atoms with Crippen LogP contribution in [0.4, 0.5) is 36.6 Å². The first-order chi connectivity index (χ1) is 24.9. The van der Waals surface area contributed by atoms with Crippen molar-refractivity contribution in [1.29, 1.82) is 0 Å². The van der Waals surface area contributed by atoms with E-state index in [0.29, 0.717) is 27.2 Å². The van der Waals surface area contributed by atoms with Crippen LogP contribution in [0.2, 0.25) is 0 Å². The van der Waals surface area contributed by atoms with E-state index in [-0.39, 0.29) is 34.2 Å². The number of thioether (sulfide) groups is 1. The van der Waals surface area contributed by atoms with Gasteiger partial charge < -0.3 is 5.32 Å². The van der Waals surface area contributed by atoms with Crippen LogP contribution in [0, 0.1) is 17.6 Å². The minimum atomic E-state index is -5.09. The van der Waals surface area contributed by atoms with Gasteiger partial charge in [0.15, 0.2) is 16.7 Å². The smallest absolute Gasteiger partial charge is 0.346 e. The van der Waals surface area contributed by atoms with Crippen LogP contribution in [-0.4, -0.2) is 56.4 Å². The standard InChI is InChI=1S/C33H27F7N8O3S2/c1-47-27-18(5-4-6-20(27)30(45-47)46-53(3,50)51)21-13-41-31(52-2)43-26(21)23(11-15-9-16(34)12-17(35)10-15)42-24(49)14-48-29-25(28(44-48)33(38,39)40)19-7-8-22(19)32(29,36)37/h4-10,12-13,19,22-23H,11,14H2,1-3H3,(H,42,49)(H,45,46)/t19-,22+,23-/m0/s1. The molecule has 0 radical (unpaired) electrons. The molecule has 11 nitrogen and oxygen atoms in total. The minimum absolute atomic E-state index is 0.0144. The highest BCUT2D eigenvalue weighted by Gasteiger charge is 2.61. The number of fused-ring (bicyclic) bond motifs is 4. The molecule has 2 aromatic carbocycles. The number of amides is 1. The lowest BCUT2D eigenvalue weighted by Gasteiger charge is -2.27. The van der Waals surface area contributed by atoms with E-state index in [1.807, 2.05) is 0 Å². The second kappa shape index (κ2) is 12.9. The van der Waals surface area contributed by atoms with Crippen LogP contribution in [0.15, 0.2) is 59.9 Å². The van der Waals surface area contributed by atoms with E-state index < -0.39 is 81.0 Å². The molecular weight excluding hydrogens is 754 g/mol. The van der Waals surface area contributed by atoms with Crippen LogP contribution in [0.5, 0.6) is 0 Å². The van der Waals surface area contributed by atoms with Crippen molar-refractivity contribution in [2.45, 2.75) is 42.2 Å². The molecule has 3 aromatic heterocycles. The summed E-state index contributed by atoms with van der Waals surface area (Å²) in [5.74, 6) is -9.38. The molecule has 2 aliphatic carbocycles. The van der Waals surface area contributed by atoms with Crippen molar-refractivity contribution in [3.05, 3.63) is 94.6 Å². The summed E-state index contributed by atoms with van der Waals surface area (Å²) in [6.07, 6.45) is 0.988. The molecule has 2 N–H and O–H groups in total. The molecule has 7 rings (SSSR count). The number of sulfonamides is 1. The molecule has 0 aliphatic heterocycles. The van der Waals surface area contributed by atoms with Gasteiger partial charge >= 0.3 is 6.18 Å². The van der Waals surface area contributed by atoms with E-state index in [0.717, 1.165) is 36.2 Å². The number of hydrogen-bond acceptors (Lipinski definition) is 8. The fourth-order valence-corrected chi connectivity index (χ4v) is 7.74. The number of alkyl halides is 5. The Labute approximate surface area is 300 Å². The van der Waals surface area contributed by atoms with Crippen molar-refractivity contribution in [3.63, 3.8) is 0 Å². The number of carbonyl (C=O) groups is 1. The molecule has 0 spiro atoms. The second-order valence-corrected chi connectivity index (χ2v) is 15.2. The Bertz CT molecular complexity index is 2430. The van der Waals surface area contributed by atoms with Crippen LogP contribution in [0.1, 0.15) is 40.2 Å². The van der Waals surface area contributed by atoms with Crippen molar-refractivity contribution < 1.29 is 43.9 Å². The first kappa shape index (κ1) is 36.4. The summed E-state index contributed by atoms with van der Waals surface area (Å²) in [6, 6.07) is 6.25. The summed E-state index contributed by atoms with van der Waals surface area (Å²) in [5.41, 5.74) is -2.02. The molecule has 0 fully saturated rings. The molecule has 5 aromatic rings. The zero-order valence-corrected chi connectivity index (χ0v) is 29.3. The minimum Gasteiger partial charge on any atom is -0.346 e. The van der Waals surface area contributed by atoms with Gasteiger partial charge in [-0.05, 0) is 36.4 Å². The van der Waals surface area contributed by atoms with Crippen LogP contribution < -0.4 is 10.0 Å². The lowest BCUT2D eigenvalue weighted by Crippen LogP contribution is -2.36. The first-order valence-electron chi connectivity index (χ1n) is 15.7. The molecule has 2 aliphatic rings. The van der Waals surface area contributed by atoms with Crippen molar-refractivity contribution >= 4 is 44.4 Å². The van der Waals surface area contributed by atoms with Gasteiger partial charge in [-0.25, -0.2) is 27.2 Å². The first-order valence-corrected chi connectivity index (χ1v) is 18.8. The van der Waals surface area contributed by atoms with Crippen molar-refractivity contribution in [2.24, 2.45) is 13.0 Å². The number of aromatic nitrogens is 6. The van der Waals surface area contributed by atoms with Gasteiger partial charge in [0.05, 0.1) is 29.4 Å². The molecule has 0 saturated heterocycles. The SMILES string of the molecule is CSc1ncc(-c2cccc3c(NS(C)(=O)=O)nn(C)c23)c([C@H](Cc2cc(F)cc(F)c2)NC(=O)Cn2nc(C(F)(F)F)c3c2C(F)(F)[C@@H]2C=C[C@H]32)n1. The van der Waals surface area contributed by atoms with Crippen LogP contribution in [0.3, 0.4) is 0 Å². The molecule has 278 valence electrons. The lowest BCUT2D eigenvalue weighted by atomic mass is 9.81. The van der Waals surface area contributed by atoms with Crippen LogP contribution in [-0.2, 0) is 46.9 Å². The summed E-state index contributed by atoms with van der Waals surface area (Å²) in [7, 11) is -2.19. The number of allylic oxidation sites excluding steroid dienone is 2.